The minimum Gasteiger partial charge on any atom is -0.479 e. The van der Waals surface area contributed by atoms with Crippen molar-refractivity contribution in [1.82, 2.24) is 10.9 Å². The molecule has 6 N–H and O–H groups in total. The van der Waals surface area contributed by atoms with Crippen LogP contribution in [0.25, 0.3) is 0 Å². The third-order valence-electron chi connectivity index (χ3n) is 3.58. The molecule has 1 saturated heterocycles. The lowest BCUT2D eigenvalue weighted by molar-refractivity contribution is -0.165. The highest BCUT2D eigenvalue weighted by Gasteiger charge is 2.30. The second-order valence-electron chi connectivity index (χ2n) is 5.11. The lowest BCUT2D eigenvalue weighted by Gasteiger charge is -2.15. The van der Waals surface area contributed by atoms with Crippen LogP contribution in [0.3, 0.4) is 0 Å². The number of nitrogens with one attached hydrogen (secondary N) is 2. The van der Waals surface area contributed by atoms with Gasteiger partial charge in [0.05, 0.1) is 0 Å². The average Bonchev–Trinajstić information content (AvgIpc) is 3.08. The van der Waals surface area contributed by atoms with Gasteiger partial charge in [-0.25, -0.2) is 15.0 Å². The van der Waals surface area contributed by atoms with Gasteiger partial charge < -0.3 is 20.4 Å². The van der Waals surface area contributed by atoms with Gasteiger partial charge in [-0.15, -0.1) is 0 Å². The summed E-state index contributed by atoms with van der Waals surface area (Å²) in [7, 11) is 0. The number of carbonyl (C=O) groups is 3. The maximum absolute atomic E-state index is 10.8. The molecule has 3 atom stereocenters. The molecule has 1 aliphatic carbocycles. The number of hydrazine groups is 1. The number of rotatable bonds is 4. The summed E-state index contributed by atoms with van der Waals surface area (Å²) in [5.74, 6) is -2.64. The number of carbonyl (C=O) groups excluding carboxylic acids is 1. The summed E-state index contributed by atoms with van der Waals surface area (Å²) < 4.78 is 0. The third kappa shape index (κ3) is 5.29. The van der Waals surface area contributed by atoms with Crippen LogP contribution in [0, 0.1) is 5.92 Å². The molecule has 0 aromatic rings. The van der Waals surface area contributed by atoms with Crippen LogP contribution >= 0.6 is 0 Å². The summed E-state index contributed by atoms with van der Waals surface area (Å²) in [5, 5.41) is 32.5. The lowest BCUT2D eigenvalue weighted by atomic mass is 9.97. The smallest absolute Gasteiger partial charge is 0.335 e. The summed E-state index contributed by atoms with van der Waals surface area (Å²) in [6.07, 6.45) is 1.44. The van der Waals surface area contributed by atoms with Crippen LogP contribution in [0.15, 0.2) is 0 Å². The van der Waals surface area contributed by atoms with E-state index in [9.17, 15) is 14.4 Å². The van der Waals surface area contributed by atoms with Crippen LogP contribution in [0.4, 0.5) is 0 Å². The molecule has 0 bridgehead atoms. The van der Waals surface area contributed by atoms with Crippen LogP contribution in [-0.4, -0.2) is 56.5 Å². The number of aliphatic carboxylic acids is 2. The van der Waals surface area contributed by atoms with Gasteiger partial charge in [0, 0.05) is 12.5 Å². The average molecular weight is 304 g/mol. The van der Waals surface area contributed by atoms with Crippen molar-refractivity contribution >= 4 is 17.8 Å². The predicted octanol–water partition coefficient (Wildman–Crippen LogP) is -1.55. The van der Waals surface area contributed by atoms with Crippen molar-refractivity contribution < 1.29 is 34.8 Å². The molecule has 2 unspecified atom stereocenters. The monoisotopic (exact) mass is 304 g/mol. The fraction of sp³-hybridized carbons (Fsp3) is 0.750. The summed E-state index contributed by atoms with van der Waals surface area (Å²) in [4.78, 5) is 30.4. The topological polar surface area (TPSA) is 156 Å². The van der Waals surface area contributed by atoms with Crippen LogP contribution in [0.1, 0.15) is 32.1 Å². The van der Waals surface area contributed by atoms with E-state index in [0.29, 0.717) is 12.5 Å². The Kier molecular flexibility index (Phi) is 6.53. The highest BCUT2D eigenvalue weighted by Crippen LogP contribution is 2.29. The lowest BCUT2D eigenvalue weighted by Crippen LogP contribution is -2.39. The van der Waals surface area contributed by atoms with E-state index in [-0.39, 0.29) is 5.91 Å². The summed E-state index contributed by atoms with van der Waals surface area (Å²) in [5.41, 5.74) is 5.71. The first-order chi connectivity index (χ1) is 9.82. The molecule has 120 valence electrons. The molecule has 1 aliphatic heterocycles. The molecule has 2 rings (SSSR count). The SMILES string of the molecule is O=C(O)C(O)C(O)C(=O)O.O=C1C[C@H](C2CCCC2)NN1. The number of hydrogen-bond acceptors (Lipinski definition) is 6. The Labute approximate surface area is 120 Å². The number of carboxylic acids is 2. The summed E-state index contributed by atoms with van der Waals surface area (Å²) in [6.45, 7) is 0. The van der Waals surface area contributed by atoms with Crippen molar-refractivity contribution in [3.05, 3.63) is 0 Å². The van der Waals surface area contributed by atoms with Gasteiger partial charge in [-0.3, -0.25) is 10.2 Å². The quantitative estimate of drug-likeness (QED) is 0.364. The molecule has 0 aromatic carbocycles. The van der Waals surface area contributed by atoms with E-state index >= 15 is 0 Å². The number of hydrogen-bond donors (Lipinski definition) is 6. The molecule has 1 heterocycles. The van der Waals surface area contributed by atoms with Crippen molar-refractivity contribution in [2.75, 3.05) is 0 Å². The number of amides is 1. The molecule has 0 radical (unpaired) electrons. The van der Waals surface area contributed by atoms with E-state index < -0.39 is 24.1 Å². The summed E-state index contributed by atoms with van der Waals surface area (Å²) >= 11 is 0. The molecule has 1 amide bonds. The molecule has 9 heteroatoms. The van der Waals surface area contributed by atoms with E-state index in [1.54, 1.807) is 0 Å². The van der Waals surface area contributed by atoms with Crippen LogP contribution in [0.5, 0.6) is 0 Å². The predicted molar refractivity (Wildman–Crippen MR) is 68.9 cm³/mol. The van der Waals surface area contributed by atoms with Crippen LogP contribution < -0.4 is 10.9 Å². The van der Waals surface area contributed by atoms with Gasteiger partial charge >= 0.3 is 11.9 Å². The minimum atomic E-state index is -2.27. The van der Waals surface area contributed by atoms with Gasteiger partial charge in [0.25, 0.3) is 0 Å². The van der Waals surface area contributed by atoms with Crippen molar-refractivity contribution in [2.24, 2.45) is 5.92 Å². The fourth-order valence-electron chi connectivity index (χ4n) is 2.39. The maximum atomic E-state index is 10.8. The van der Waals surface area contributed by atoms with Gasteiger partial charge in [0.2, 0.25) is 5.91 Å². The molecule has 0 spiro atoms. The Morgan fingerprint density at radius 3 is 1.86 bits per heavy atom. The Balaban J connectivity index is 0.000000212. The van der Waals surface area contributed by atoms with E-state index in [4.69, 9.17) is 20.4 Å². The highest BCUT2D eigenvalue weighted by atomic mass is 16.4. The first kappa shape index (κ1) is 17.3. The first-order valence-corrected chi connectivity index (χ1v) is 6.69. The Hall–Kier alpha value is -1.71. The van der Waals surface area contributed by atoms with Crippen molar-refractivity contribution in [1.29, 1.82) is 0 Å². The normalized spacial score (nSPS) is 24.7. The van der Waals surface area contributed by atoms with Gasteiger partial charge in [0.1, 0.15) is 0 Å². The van der Waals surface area contributed by atoms with Gasteiger partial charge in [-0.2, -0.15) is 0 Å². The third-order valence-corrected chi connectivity index (χ3v) is 3.58. The first-order valence-electron chi connectivity index (χ1n) is 6.69. The Morgan fingerprint density at radius 2 is 1.52 bits per heavy atom. The van der Waals surface area contributed by atoms with E-state index in [0.717, 1.165) is 5.92 Å². The van der Waals surface area contributed by atoms with Crippen LogP contribution in [-0.2, 0) is 14.4 Å². The number of aliphatic hydroxyl groups excluding tert-OH is 2. The number of aliphatic hydroxyl groups is 2. The van der Waals surface area contributed by atoms with E-state index in [1.165, 1.54) is 25.7 Å². The fourth-order valence-corrected chi connectivity index (χ4v) is 2.39. The molecule has 1 saturated carbocycles. The largest absolute Gasteiger partial charge is 0.479 e. The Morgan fingerprint density at radius 1 is 1.05 bits per heavy atom. The highest BCUT2D eigenvalue weighted by molar-refractivity contribution is 5.83. The molecule has 2 fully saturated rings. The molecular weight excluding hydrogens is 284 g/mol. The van der Waals surface area contributed by atoms with Crippen molar-refractivity contribution in [2.45, 2.75) is 50.4 Å². The minimum absolute atomic E-state index is 0.155. The zero-order valence-electron chi connectivity index (χ0n) is 11.4. The molecule has 21 heavy (non-hydrogen) atoms. The maximum Gasteiger partial charge on any atom is 0.335 e. The van der Waals surface area contributed by atoms with Crippen LogP contribution in [0.2, 0.25) is 0 Å². The van der Waals surface area contributed by atoms with Gasteiger partial charge in [0.15, 0.2) is 12.2 Å². The zero-order valence-corrected chi connectivity index (χ0v) is 11.4. The standard InChI is InChI=1S/C8H14N2O.C4H6O6/c11-8-5-7(9-10-8)6-3-1-2-4-6;5-1(3(7)8)2(6)4(9)10/h6-7,9H,1-5H2,(H,10,11);1-2,5-6H,(H,7,8)(H,9,10)/t7-;/m1./s1. The second-order valence-corrected chi connectivity index (χ2v) is 5.11. The van der Waals surface area contributed by atoms with Crippen molar-refractivity contribution in [3.8, 4) is 0 Å². The Bertz CT molecular complexity index is 377. The van der Waals surface area contributed by atoms with Gasteiger partial charge in [-0.1, -0.05) is 12.8 Å². The van der Waals surface area contributed by atoms with E-state index in [1.807, 2.05) is 0 Å². The molecule has 2 aliphatic rings. The molecule has 9 nitrogen and oxygen atoms in total. The van der Waals surface area contributed by atoms with Gasteiger partial charge in [-0.05, 0) is 18.8 Å². The zero-order chi connectivity index (χ0) is 16.0. The number of carboxylic acid groups (broad SMARTS) is 2. The van der Waals surface area contributed by atoms with E-state index in [2.05, 4.69) is 10.9 Å². The summed E-state index contributed by atoms with van der Waals surface area (Å²) in [6, 6.07) is 0.421. The molecular formula is C12H20N2O7. The van der Waals surface area contributed by atoms with Crippen molar-refractivity contribution in [3.63, 3.8) is 0 Å². The molecule has 0 aromatic heterocycles. The second kappa shape index (κ2) is 7.91.